The van der Waals surface area contributed by atoms with Crippen LogP contribution in [0.15, 0.2) is 18.2 Å². The van der Waals surface area contributed by atoms with Gasteiger partial charge in [0.05, 0.1) is 12.8 Å². The zero-order valence-corrected chi connectivity index (χ0v) is 11.8. The third kappa shape index (κ3) is 4.41. The van der Waals surface area contributed by atoms with Gasteiger partial charge in [0.25, 0.3) is 0 Å². The van der Waals surface area contributed by atoms with Gasteiger partial charge in [-0.3, -0.25) is 4.57 Å². The van der Waals surface area contributed by atoms with Gasteiger partial charge >= 0.3 is 7.60 Å². The molecule has 96 valence electrons. The highest BCUT2D eigenvalue weighted by atomic mass is 35.5. The highest BCUT2D eigenvalue weighted by Crippen LogP contribution is 2.51. The molecule has 0 N–H and O–H groups in total. The van der Waals surface area contributed by atoms with E-state index < -0.39 is 7.60 Å². The summed E-state index contributed by atoms with van der Waals surface area (Å²) in [6.07, 6.45) is 0.159. The molecule has 0 bridgehead atoms. The highest BCUT2D eigenvalue weighted by Gasteiger charge is 2.25. The van der Waals surface area contributed by atoms with Crippen molar-refractivity contribution in [3.05, 3.63) is 34.3 Å². The lowest BCUT2D eigenvalue weighted by atomic mass is 10.1. The predicted octanol–water partition coefficient (Wildman–Crippen LogP) is 3.96. The Bertz CT molecular complexity index is 422. The third-order valence-corrected chi connectivity index (χ3v) is 4.08. The molecule has 0 aliphatic rings. The molecule has 0 amide bonds. The van der Waals surface area contributed by atoms with Crippen LogP contribution < -0.4 is 0 Å². The first-order chi connectivity index (χ1) is 8.00. The zero-order valence-electron chi connectivity index (χ0n) is 10.1. The zero-order chi connectivity index (χ0) is 12.9. The topological polar surface area (TPSA) is 44.8 Å². The fraction of sp³-hybridized carbons (Fsp3) is 0.455. The summed E-state index contributed by atoms with van der Waals surface area (Å²) >= 11 is 5.85. The molecule has 0 radical (unpaired) electrons. The summed E-state index contributed by atoms with van der Waals surface area (Å²) in [7, 11) is -1.91. The van der Waals surface area contributed by atoms with Crippen molar-refractivity contribution < 1.29 is 18.7 Å². The van der Waals surface area contributed by atoms with Crippen molar-refractivity contribution in [2.75, 3.05) is 13.7 Å². The molecule has 0 heterocycles. The molecule has 0 fully saturated rings. The fourth-order valence-corrected chi connectivity index (χ4v) is 2.81. The maximum atomic E-state index is 12.1. The summed E-state index contributed by atoms with van der Waals surface area (Å²) in [6, 6.07) is 5.35. The predicted molar refractivity (Wildman–Crippen MR) is 67.2 cm³/mol. The molecule has 0 aromatic heterocycles. The van der Waals surface area contributed by atoms with Gasteiger partial charge in [-0.1, -0.05) is 17.7 Å². The molecule has 17 heavy (non-hydrogen) atoms. The van der Waals surface area contributed by atoms with E-state index in [-0.39, 0.29) is 6.16 Å². The van der Waals surface area contributed by atoms with Crippen molar-refractivity contribution in [2.24, 2.45) is 0 Å². The fourth-order valence-electron chi connectivity index (χ4n) is 1.30. The molecule has 0 aliphatic heterocycles. The Balaban J connectivity index is 2.83. The van der Waals surface area contributed by atoms with E-state index >= 15 is 0 Å². The molecule has 1 rings (SSSR count). The Hall–Kier alpha value is -0.380. The second-order valence-corrected chi connectivity index (χ2v) is 5.99. The number of aryl methyl sites for hydroxylation is 1. The number of hydrogen-bond donors (Lipinski definition) is 0. The monoisotopic (exact) mass is 278 g/mol. The summed E-state index contributed by atoms with van der Waals surface area (Å²) in [4.78, 5) is 4.71. The van der Waals surface area contributed by atoms with Gasteiger partial charge in [-0.2, -0.15) is 0 Å². The van der Waals surface area contributed by atoms with Gasteiger partial charge in [-0.25, -0.2) is 4.89 Å². The normalized spacial score (nSPS) is 14.6. The van der Waals surface area contributed by atoms with E-state index in [1.54, 1.807) is 25.1 Å². The van der Waals surface area contributed by atoms with Crippen LogP contribution in [0.25, 0.3) is 0 Å². The van der Waals surface area contributed by atoms with Crippen LogP contribution in [-0.4, -0.2) is 13.7 Å². The van der Waals surface area contributed by atoms with Crippen molar-refractivity contribution in [3.8, 4) is 0 Å². The number of halogens is 1. The van der Waals surface area contributed by atoms with Crippen molar-refractivity contribution in [3.63, 3.8) is 0 Å². The van der Waals surface area contributed by atoms with Crippen LogP contribution in [0.2, 0.25) is 5.02 Å². The number of benzene rings is 1. The molecular formula is C11H16ClO4P. The second kappa shape index (κ2) is 6.53. The first-order valence-corrected chi connectivity index (χ1v) is 7.32. The smallest absolute Gasteiger partial charge is 0.310 e. The van der Waals surface area contributed by atoms with Gasteiger partial charge in [0.2, 0.25) is 0 Å². The van der Waals surface area contributed by atoms with Crippen LogP contribution in [0.5, 0.6) is 0 Å². The molecule has 0 saturated carbocycles. The number of rotatable bonds is 6. The second-order valence-electron chi connectivity index (χ2n) is 3.50. The molecule has 0 saturated heterocycles. The molecular weight excluding hydrogens is 263 g/mol. The summed E-state index contributed by atoms with van der Waals surface area (Å²) in [5.74, 6) is 0. The molecule has 1 atom stereocenters. The molecule has 1 aromatic rings. The van der Waals surface area contributed by atoms with Crippen LogP contribution in [0.1, 0.15) is 18.1 Å². The Kier molecular flexibility index (Phi) is 5.63. The first kappa shape index (κ1) is 14.7. The van der Waals surface area contributed by atoms with Gasteiger partial charge in [-0.05, 0) is 37.1 Å². The van der Waals surface area contributed by atoms with Gasteiger partial charge in [0.1, 0.15) is 0 Å². The minimum Gasteiger partial charge on any atom is -0.310 e. The van der Waals surface area contributed by atoms with Gasteiger partial charge in [0.15, 0.2) is 0 Å². The van der Waals surface area contributed by atoms with E-state index in [1.165, 1.54) is 7.11 Å². The quantitative estimate of drug-likeness (QED) is 0.449. The summed E-state index contributed by atoms with van der Waals surface area (Å²) in [6.45, 7) is 3.95. The minimum atomic E-state index is -3.25. The largest absolute Gasteiger partial charge is 0.362 e. The highest BCUT2D eigenvalue weighted by molar-refractivity contribution is 7.52. The molecule has 6 heteroatoms. The van der Waals surface area contributed by atoms with Crippen LogP contribution in [0, 0.1) is 6.92 Å². The van der Waals surface area contributed by atoms with Gasteiger partial charge in [-0.15, -0.1) is 4.67 Å². The lowest BCUT2D eigenvalue weighted by molar-refractivity contribution is -0.209. The van der Waals surface area contributed by atoms with Crippen LogP contribution >= 0.6 is 19.2 Å². The third-order valence-electron chi connectivity index (χ3n) is 2.23. The van der Waals surface area contributed by atoms with E-state index in [4.69, 9.17) is 25.7 Å². The van der Waals surface area contributed by atoms with Crippen LogP contribution in [-0.2, 0) is 24.8 Å². The minimum absolute atomic E-state index is 0.159. The average Bonchev–Trinajstić information content (AvgIpc) is 2.30. The Morgan fingerprint density at radius 2 is 2.12 bits per heavy atom. The lowest BCUT2D eigenvalue weighted by Gasteiger charge is -2.15. The van der Waals surface area contributed by atoms with Crippen LogP contribution in [0.4, 0.5) is 0 Å². The molecule has 1 aromatic carbocycles. The molecule has 0 aliphatic carbocycles. The van der Waals surface area contributed by atoms with Crippen molar-refractivity contribution in [1.82, 2.24) is 0 Å². The summed E-state index contributed by atoms with van der Waals surface area (Å²) in [5, 5.41) is 0.643. The number of hydrogen-bond acceptors (Lipinski definition) is 4. The van der Waals surface area contributed by atoms with Gasteiger partial charge in [0, 0.05) is 12.1 Å². The Morgan fingerprint density at radius 1 is 1.41 bits per heavy atom. The van der Waals surface area contributed by atoms with Gasteiger partial charge < -0.3 is 4.52 Å². The standard InChI is InChI=1S/C11H16ClO4P/c1-4-15-16-17(13,14-3)8-10-5-6-11(12)7-9(10)2/h5-7H,4,8H2,1-3H3. The Morgan fingerprint density at radius 3 is 2.65 bits per heavy atom. The molecule has 1 unspecified atom stereocenters. The average molecular weight is 279 g/mol. The van der Waals surface area contributed by atoms with Crippen molar-refractivity contribution in [1.29, 1.82) is 0 Å². The SMILES string of the molecule is CCOOP(=O)(Cc1ccc(Cl)cc1C)OC. The summed E-state index contributed by atoms with van der Waals surface area (Å²) in [5.41, 5.74) is 1.80. The molecule has 4 nitrogen and oxygen atoms in total. The van der Waals surface area contributed by atoms with Crippen molar-refractivity contribution in [2.45, 2.75) is 20.0 Å². The maximum absolute atomic E-state index is 12.1. The van der Waals surface area contributed by atoms with E-state index in [2.05, 4.69) is 0 Å². The summed E-state index contributed by atoms with van der Waals surface area (Å²) < 4.78 is 21.9. The maximum Gasteiger partial charge on any atom is 0.362 e. The first-order valence-electron chi connectivity index (χ1n) is 5.22. The van der Waals surface area contributed by atoms with E-state index in [1.807, 2.05) is 6.92 Å². The van der Waals surface area contributed by atoms with Crippen LogP contribution in [0.3, 0.4) is 0 Å². The van der Waals surface area contributed by atoms with E-state index in [9.17, 15) is 4.57 Å². The van der Waals surface area contributed by atoms with E-state index in [0.29, 0.717) is 11.6 Å². The Labute approximate surface area is 106 Å². The van der Waals surface area contributed by atoms with E-state index in [0.717, 1.165) is 11.1 Å². The molecule has 0 spiro atoms. The van der Waals surface area contributed by atoms with Crippen molar-refractivity contribution >= 4 is 19.2 Å². The lowest BCUT2D eigenvalue weighted by Crippen LogP contribution is -1.99.